The average molecular weight is 335 g/mol. The molecule has 2 heterocycles. The SMILES string of the molecule is COc1ccccc1-c1ccnn1-c1ccccc1N1CCOCC1. The zero-order valence-corrected chi connectivity index (χ0v) is 14.3. The molecule has 0 amide bonds. The number of methoxy groups -OCH3 is 1. The Balaban J connectivity index is 1.81. The lowest BCUT2D eigenvalue weighted by Gasteiger charge is -2.30. The molecule has 0 bridgehead atoms. The Morgan fingerprint density at radius 1 is 0.920 bits per heavy atom. The molecule has 0 aliphatic carbocycles. The van der Waals surface area contributed by atoms with Gasteiger partial charge in [-0.25, -0.2) is 4.68 Å². The molecule has 25 heavy (non-hydrogen) atoms. The summed E-state index contributed by atoms with van der Waals surface area (Å²) < 4.78 is 13.0. The summed E-state index contributed by atoms with van der Waals surface area (Å²) in [5.74, 6) is 0.841. The van der Waals surface area contributed by atoms with Gasteiger partial charge in [0.25, 0.3) is 0 Å². The fourth-order valence-corrected chi connectivity index (χ4v) is 3.27. The monoisotopic (exact) mass is 335 g/mol. The quantitative estimate of drug-likeness (QED) is 0.733. The Hall–Kier alpha value is -2.79. The first kappa shape index (κ1) is 15.7. The van der Waals surface area contributed by atoms with Crippen LogP contribution in [0.2, 0.25) is 0 Å². The van der Waals surface area contributed by atoms with E-state index in [1.807, 2.05) is 41.2 Å². The van der Waals surface area contributed by atoms with Gasteiger partial charge in [-0.1, -0.05) is 24.3 Å². The van der Waals surface area contributed by atoms with Gasteiger partial charge in [-0.15, -0.1) is 0 Å². The minimum atomic E-state index is 0.757. The van der Waals surface area contributed by atoms with Crippen molar-refractivity contribution in [1.82, 2.24) is 9.78 Å². The molecule has 128 valence electrons. The van der Waals surface area contributed by atoms with Gasteiger partial charge in [-0.05, 0) is 30.3 Å². The maximum absolute atomic E-state index is 5.54. The zero-order valence-electron chi connectivity index (χ0n) is 14.3. The highest BCUT2D eigenvalue weighted by molar-refractivity contribution is 5.72. The third-order valence-electron chi connectivity index (χ3n) is 4.49. The molecule has 3 aromatic rings. The molecule has 0 spiro atoms. The number of ether oxygens (including phenoxy) is 2. The van der Waals surface area contributed by atoms with E-state index >= 15 is 0 Å². The van der Waals surface area contributed by atoms with Crippen molar-refractivity contribution in [2.75, 3.05) is 38.3 Å². The predicted octanol–water partition coefficient (Wildman–Crippen LogP) is 3.38. The van der Waals surface area contributed by atoms with Crippen molar-refractivity contribution in [3.05, 3.63) is 60.8 Å². The second kappa shape index (κ2) is 6.99. The summed E-state index contributed by atoms with van der Waals surface area (Å²) in [4.78, 5) is 2.35. The molecule has 5 heteroatoms. The standard InChI is InChI=1S/C20H21N3O2/c1-24-20-9-5-2-6-16(20)17-10-11-21-23(17)19-8-4-3-7-18(19)22-12-14-25-15-13-22/h2-11H,12-15H2,1H3. The summed E-state index contributed by atoms with van der Waals surface area (Å²) >= 11 is 0. The third kappa shape index (κ3) is 2.98. The van der Waals surface area contributed by atoms with Gasteiger partial charge in [0.1, 0.15) is 5.75 Å². The van der Waals surface area contributed by atoms with Gasteiger partial charge in [0.05, 0.1) is 43.6 Å². The van der Waals surface area contributed by atoms with E-state index in [9.17, 15) is 0 Å². The molecule has 1 saturated heterocycles. The van der Waals surface area contributed by atoms with Gasteiger partial charge in [-0.3, -0.25) is 0 Å². The molecule has 0 saturated carbocycles. The van der Waals surface area contributed by atoms with E-state index in [4.69, 9.17) is 9.47 Å². The van der Waals surface area contributed by atoms with Crippen LogP contribution in [-0.4, -0.2) is 43.2 Å². The van der Waals surface area contributed by atoms with Gasteiger partial charge in [0, 0.05) is 18.7 Å². The van der Waals surface area contributed by atoms with Crippen molar-refractivity contribution >= 4 is 5.69 Å². The molecule has 1 aliphatic heterocycles. The van der Waals surface area contributed by atoms with Gasteiger partial charge in [0.15, 0.2) is 0 Å². The molecule has 2 aromatic carbocycles. The second-order valence-electron chi connectivity index (χ2n) is 5.92. The number of para-hydroxylation sites is 3. The van der Waals surface area contributed by atoms with Crippen molar-refractivity contribution in [3.8, 4) is 22.7 Å². The zero-order chi connectivity index (χ0) is 17.1. The number of hydrogen-bond acceptors (Lipinski definition) is 4. The largest absolute Gasteiger partial charge is 0.496 e. The number of rotatable bonds is 4. The summed E-state index contributed by atoms with van der Waals surface area (Å²) in [5.41, 5.74) is 4.28. The average Bonchev–Trinajstić information content (AvgIpc) is 3.18. The van der Waals surface area contributed by atoms with Crippen LogP contribution in [0.1, 0.15) is 0 Å². The normalized spacial score (nSPS) is 14.5. The minimum Gasteiger partial charge on any atom is -0.496 e. The number of hydrogen-bond donors (Lipinski definition) is 0. The summed E-state index contributed by atoms with van der Waals surface area (Å²) in [6, 6.07) is 18.4. The van der Waals surface area contributed by atoms with Crippen LogP contribution in [0.5, 0.6) is 5.75 Å². The van der Waals surface area contributed by atoms with Crippen molar-refractivity contribution in [3.63, 3.8) is 0 Å². The first-order chi connectivity index (χ1) is 12.4. The van der Waals surface area contributed by atoms with Crippen LogP contribution in [0.15, 0.2) is 60.8 Å². The predicted molar refractivity (Wildman–Crippen MR) is 98.6 cm³/mol. The first-order valence-electron chi connectivity index (χ1n) is 8.48. The van der Waals surface area contributed by atoms with E-state index in [0.717, 1.165) is 49.0 Å². The van der Waals surface area contributed by atoms with Gasteiger partial charge in [0.2, 0.25) is 0 Å². The third-order valence-corrected chi connectivity index (χ3v) is 4.49. The maximum Gasteiger partial charge on any atom is 0.128 e. The summed E-state index contributed by atoms with van der Waals surface area (Å²) in [7, 11) is 1.70. The van der Waals surface area contributed by atoms with Gasteiger partial charge < -0.3 is 14.4 Å². The van der Waals surface area contributed by atoms with E-state index in [2.05, 4.69) is 34.3 Å². The van der Waals surface area contributed by atoms with E-state index in [-0.39, 0.29) is 0 Å². The highest BCUT2D eigenvalue weighted by atomic mass is 16.5. The van der Waals surface area contributed by atoms with Gasteiger partial charge in [-0.2, -0.15) is 5.10 Å². The van der Waals surface area contributed by atoms with Crippen molar-refractivity contribution in [2.45, 2.75) is 0 Å². The number of nitrogens with zero attached hydrogens (tertiary/aromatic N) is 3. The smallest absolute Gasteiger partial charge is 0.128 e. The van der Waals surface area contributed by atoms with E-state index in [1.54, 1.807) is 7.11 Å². The van der Waals surface area contributed by atoms with Gasteiger partial charge >= 0.3 is 0 Å². The lowest BCUT2D eigenvalue weighted by molar-refractivity contribution is 0.122. The van der Waals surface area contributed by atoms with Crippen molar-refractivity contribution < 1.29 is 9.47 Å². The van der Waals surface area contributed by atoms with E-state index in [1.165, 1.54) is 5.69 Å². The van der Waals surface area contributed by atoms with Crippen LogP contribution in [0.3, 0.4) is 0 Å². The number of morpholine rings is 1. The number of anilines is 1. The molecular formula is C20H21N3O2. The van der Waals surface area contributed by atoms with Crippen LogP contribution >= 0.6 is 0 Å². The van der Waals surface area contributed by atoms with Crippen LogP contribution in [0.25, 0.3) is 16.9 Å². The summed E-state index contributed by atoms with van der Waals surface area (Å²) in [5, 5.41) is 4.60. The molecular weight excluding hydrogens is 314 g/mol. The number of aromatic nitrogens is 2. The molecule has 1 aliphatic rings. The lowest BCUT2D eigenvalue weighted by atomic mass is 10.1. The van der Waals surface area contributed by atoms with Crippen LogP contribution in [0, 0.1) is 0 Å². The molecule has 5 nitrogen and oxygen atoms in total. The number of benzene rings is 2. The molecule has 0 radical (unpaired) electrons. The van der Waals surface area contributed by atoms with Crippen LogP contribution in [0.4, 0.5) is 5.69 Å². The maximum atomic E-state index is 5.54. The molecule has 0 atom stereocenters. The molecule has 1 aromatic heterocycles. The molecule has 0 N–H and O–H groups in total. The Bertz CT molecular complexity index is 853. The fourth-order valence-electron chi connectivity index (χ4n) is 3.27. The first-order valence-corrected chi connectivity index (χ1v) is 8.48. The summed E-state index contributed by atoms with van der Waals surface area (Å²) in [6.07, 6.45) is 1.83. The Morgan fingerprint density at radius 2 is 1.64 bits per heavy atom. The summed E-state index contributed by atoms with van der Waals surface area (Å²) in [6.45, 7) is 3.30. The molecule has 0 unspecified atom stereocenters. The molecule has 4 rings (SSSR count). The fraction of sp³-hybridized carbons (Fsp3) is 0.250. The van der Waals surface area contributed by atoms with Crippen LogP contribution < -0.4 is 9.64 Å². The van der Waals surface area contributed by atoms with E-state index < -0.39 is 0 Å². The Kier molecular flexibility index (Phi) is 4.39. The topological polar surface area (TPSA) is 39.5 Å². The Labute approximate surface area is 147 Å². The second-order valence-corrected chi connectivity index (χ2v) is 5.92. The Morgan fingerprint density at radius 3 is 2.44 bits per heavy atom. The van der Waals surface area contributed by atoms with Crippen molar-refractivity contribution in [1.29, 1.82) is 0 Å². The minimum absolute atomic E-state index is 0.757. The molecule has 1 fully saturated rings. The van der Waals surface area contributed by atoms with Crippen molar-refractivity contribution in [2.24, 2.45) is 0 Å². The van der Waals surface area contributed by atoms with Crippen LogP contribution in [-0.2, 0) is 4.74 Å². The van der Waals surface area contributed by atoms with E-state index in [0.29, 0.717) is 0 Å². The highest BCUT2D eigenvalue weighted by Crippen LogP contribution is 2.33. The lowest BCUT2D eigenvalue weighted by Crippen LogP contribution is -2.36. The highest BCUT2D eigenvalue weighted by Gasteiger charge is 2.18.